The molecule has 4 heteroatoms. The van der Waals surface area contributed by atoms with Crippen molar-refractivity contribution in [2.45, 2.75) is 19.3 Å². The number of Topliss-reactive ketones (excluding diaryl/α,β-unsaturated/α-hetero) is 1. The number of piperidine rings is 1. The van der Waals surface area contributed by atoms with Crippen LogP contribution in [0.5, 0.6) is 0 Å². The highest BCUT2D eigenvalue weighted by atomic mass is 16.5. The summed E-state index contributed by atoms with van der Waals surface area (Å²) in [5, 5.41) is 0. The molecule has 2 saturated heterocycles. The molecule has 0 atom stereocenters. The SMILES string of the molecule is O=C1COC(=O)/C1=C\N1CCCCC1. The normalized spacial score (nSPS) is 25.7. The van der Waals surface area contributed by atoms with Crippen LogP contribution in [0.1, 0.15) is 19.3 Å². The number of carbonyl (C=O) groups excluding carboxylic acids is 2. The van der Waals surface area contributed by atoms with Gasteiger partial charge in [-0.25, -0.2) is 4.79 Å². The molecule has 2 rings (SSSR count). The van der Waals surface area contributed by atoms with Gasteiger partial charge in [-0.1, -0.05) is 0 Å². The van der Waals surface area contributed by atoms with Gasteiger partial charge in [-0.15, -0.1) is 0 Å². The number of carbonyl (C=O) groups is 2. The van der Waals surface area contributed by atoms with E-state index in [1.54, 1.807) is 6.20 Å². The number of likely N-dealkylation sites (tertiary alicyclic amines) is 1. The second-order valence-corrected chi connectivity index (χ2v) is 3.64. The molecule has 4 nitrogen and oxygen atoms in total. The zero-order chi connectivity index (χ0) is 9.97. The summed E-state index contributed by atoms with van der Waals surface area (Å²) in [5.41, 5.74) is 0.215. The van der Waals surface area contributed by atoms with Gasteiger partial charge < -0.3 is 9.64 Å². The molecule has 0 aromatic heterocycles. The Bertz CT molecular complexity index is 272. The van der Waals surface area contributed by atoms with Crippen LogP contribution in [0.25, 0.3) is 0 Å². The number of hydrogen-bond acceptors (Lipinski definition) is 4. The van der Waals surface area contributed by atoms with E-state index in [9.17, 15) is 9.59 Å². The third-order valence-electron chi connectivity index (χ3n) is 2.56. The fourth-order valence-corrected chi connectivity index (χ4v) is 1.76. The standard InChI is InChI=1S/C10H13NO3/c12-9-7-14-10(13)8(9)6-11-4-2-1-3-5-11/h6H,1-5,7H2/b8-6-. The van der Waals surface area contributed by atoms with E-state index in [1.165, 1.54) is 6.42 Å². The van der Waals surface area contributed by atoms with Crippen molar-refractivity contribution in [2.24, 2.45) is 0 Å². The van der Waals surface area contributed by atoms with Gasteiger partial charge in [-0.05, 0) is 19.3 Å². The second kappa shape index (κ2) is 3.82. The van der Waals surface area contributed by atoms with Crippen LogP contribution in [0.2, 0.25) is 0 Å². The Hall–Kier alpha value is -1.32. The maximum absolute atomic E-state index is 11.2. The van der Waals surface area contributed by atoms with Crippen molar-refractivity contribution < 1.29 is 14.3 Å². The van der Waals surface area contributed by atoms with Crippen LogP contribution >= 0.6 is 0 Å². The number of nitrogens with zero attached hydrogens (tertiary/aromatic N) is 1. The number of ether oxygens (including phenoxy) is 1. The van der Waals surface area contributed by atoms with Gasteiger partial charge in [0, 0.05) is 19.3 Å². The molecule has 0 aliphatic carbocycles. The molecular weight excluding hydrogens is 182 g/mol. The molecule has 0 aromatic carbocycles. The van der Waals surface area contributed by atoms with E-state index in [0.717, 1.165) is 25.9 Å². The van der Waals surface area contributed by atoms with E-state index in [0.29, 0.717) is 0 Å². The highest BCUT2D eigenvalue weighted by Crippen LogP contribution is 2.14. The first-order valence-electron chi connectivity index (χ1n) is 4.93. The van der Waals surface area contributed by atoms with Crippen LogP contribution in [0.3, 0.4) is 0 Å². The van der Waals surface area contributed by atoms with Gasteiger partial charge >= 0.3 is 5.97 Å². The van der Waals surface area contributed by atoms with Crippen molar-refractivity contribution in [1.82, 2.24) is 4.90 Å². The van der Waals surface area contributed by atoms with E-state index in [-0.39, 0.29) is 18.0 Å². The molecule has 2 heterocycles. The number of cyclic esters (lactones) is 1. The van der Waals surface area contributed by atoms with Crippen LogP contribution in [0.15, 0.2) is 11.8 Å². The van der Waals surface area contributed by atoms with Gasteiger partial charge in [0.2, 0.25) is 5.78 Å². The van der Waals surface area contributed by atoms with E-state index < -0.39 is 5.97 Å². The smallest absolute Gasteiger partial charge is 0.343 e. The van der Waals surface area contributed by atoms with E-state index >= 15 is 0 Å². The quantitative estimate of drug-likeness (QED) is 0.347. The minimum atomic E-state index is -0.472. The molecule has 0 aromatic rings. The molecule has 2 aliphatic rings. The lowest BCUT2D eigenvalue weighted by atomic mass is 10.1. The fourth-order valence-electron chi connectivity index (χ4n) is 1.76. The van der Waals surface area contributed by atoms with Gasteiger partial charge in [-0.2, -0.15) is 0 Å². The van der Waals surface area contributed by atoms with Crippen molar-refractivity contribution in [3.05, 3.63) is 11.8 Å². The Morgan fingerprint density at radius 3 is 2.43 bits per heavy atom. The van der Waals surface area contributed by atoms with E-state index in [2.05, 4.69) is 4.74 Å². The fraction of sp³-hybridized carbons (Fsp3) is 0.600. The van der Waals surface area contributed by atoms with Gasteiger partial charge in [0.15, 0.2) is 6.61 Å². The summed E-state index contributed by atoms with van der Waals surface area (Å²) < 4.78 is 4.64. The number of ketones is 1. The molecule has 0 radical (unpaired) electrons. The molecule has 0 N–H and O–H groups in total. The summed E-state index contributed by atoms with van der Waals surface area (Å²) in [6.45, 7) is 1.78. The predicted octanol–water partition coefficient (Wildman–Crippen LogP) is 0.482. The lowest BCUT2D eigenvalue weighted by Gasteiger charge is -2.24. The van der Waals surface area contributed by atoms with Crippen LogP contribution in [0.4, 0.5) is 0 Å². The van der Waals surface area contributed by atoms with Crippen molar-refractivity contribution in [2.75, 3.05) is 19.7 Å². The lowest BCUT2D eigenvalue weighted by molar-refractivity contribution is -0.135. The Kier molecular flexibility index (Phi) is 2.52. The number of hydrogen-bond donors (Lipinski definition) is 0. The van der Waals surface area contributed by atoms with Gasteiger partial charge in [0.1, 0.15) is 5.57 Å². The first-order valence-corrected chi connectivity index (χ1v) is 4.93. The van der Waals surface area contributed by atoms with Crippen molar-refractivity contribution in [3.63, 3.8) is 0 Å². The minimum absolute atomic E-state index is 0.0848. The third kappa shape index (κ3) is 1.78. The van der Waals surface area contributed by atoms with Crippen molar-refractivity contribution in [1.29, 1.82) is 0 Å². The molecule has 0 spiro atoms. The highest BCUT2D eigenvalue weighted by Gasteiger charge is 2.28. The van der Waals surface area contributed by atoms with E-state index in [4.69, 9.17) is 0 Å². The predicted molar refractivity (Wildman–Crippen MR) is 49.5 cm³/mol. The Morgan fingerprint density at radius 2 is 1.86 bits per heavy atom. The minimum Gasteiger partial charge on any atom is -0.454 e. The number of esters is 1. The van der Waals surface area contributed by atoms with Crippen LogP contribution in [0, 0.1) is 0 Å². The first kappa shape index (κ1) is 9.24. The molecule has 0 unspecified atom stereocenters. The molecule has 0 saturated carbocycles. The van der Waals surface area contributed by atoms with Gasteiger partial charge in [-0.3, -0.25) is 4.79 Å². The third-order valence-corrected chi connectivity index (χ3v) is 2.56. The maximum Gasteiger partial charge on any atom is 0.343 e. The second-order valence-electron chi connectivity index (χ2n) is 3.64. The molecular formula is C10H13NO3. The lowest BCUT2D eigenvalue weighted by Crippen LogP contribution is -2.25. The molecule has 0 bridgehead atoms. The topological polar surface area (TPSA) is 46.6 Å². The summed E-state index contributed by atoms with van der Waals surface area (Å²) >= 11 is 0. The van der Waals surface area contributed by atoms with Gasteiger partial charge in [0.25, 0.3) is 0 Å². The largest absolute Gasteiger partial charge is 0.454 e. The Labute approximate surface area is 82.5 Å². The molecule has 14 heavy (non-hydrogen) atoms. The summed E-state index contributed by atoms with van der Waals surface area (Å²) in [7, 11) is 0. The Balaban J connectivity index is 2.07. The number of rotatable bonds is 1. The van der Waals surface area contributed by atoms with Crippen molar-refractivity contribution >= 4 is 11.8 Å². The Morgan fingerprint density at radius 1 is 1.14 bits per heavy atom. The zero-order valence-electron chi connectivity index (χ0n) is 7.99. The summed E-state index contributed by atoms with van der Waals surface area (Å²) in [6.07, 6.45) is 5.16. The average molecular weight is 195 g/mol. The average Bonchev–Trinajstić information content (AvgIpc) is 2.51. The maximum atomic E-state index is 11.2. The summed E-state index contributed by atoms with van der Waals surface area (Å²) in [6, 6.07) is 0. The molecule has 0 amide bonds. The highest BCUT2D eigenvalue weighted by molar-refractivity contribution is 6.21. The van der Waals surface area contributed by atoms with Crippen LogP contribution in [-0.4, -0.2) is 36.3 Å². The molecule has 2 aliphatic heterocycles. The molecule has 2 fully saturated rings. The first-order chi connectivity index (χ1) is 6.77. The summed E-state index contributed by atoms with van der Waals surface area (Å²) in [4.78, 5) is 24.4. The zero-order valence-corrected chi connectivity index (χ0v) is 7.99. The monoisotopic (exact) mass is 195 g/mol. The van der Waals surface area contributed by atoms with Crippen LogP contribution < -0.4 is 0 Å². The van der Waals surface area contributed by atoms with E-state index in [1.807, 2.05) is 4.90 Å². The van der Waals surface area contributed by atoms with Crippen LogP contribution in [-0.2, 0) is 14.3 Å². The van der Waals surface area contributed by atoms with Crippen molar-refractivity contribution in [3.8, 4) is 0 Å². The summed E-state index contributed by atoms with van der Waals surface area (Å²) in [5.74, 6) is -0.666. The molecule has 76 valence electrons. The van der Waals surface area contributed by atoms with Gasteiger partial charge in [0.05, 0.1) is 0 Å².